The van der Waals surface area contributed by atoms with Crippen LogP contribution in [-0.2, 0) is 17.8 Å². The van der Waals surface area contributed by atoms with Gasteiger partial charge in [0.05, 0.1) is 32.3 Å². The van der Waals surface area contributed by atoms with Crippen LogP contribution in [0.2, 0.25) is 5.02 Å². The zero-order chi connectivity index (χ0) is 22.0. The fourth-order valence-corrected chi connectivity index (χ4v) is 3.71. The lowest BCUT2D eigenvalue weighted by Gasteiger charge is -2.13. The molecule has 0 spiro atoms. The summed E-state index contributed by atoms with van der Waals surface area (Å²) in [7, 11) is 3.07. The van der Waals surface area contributed by atoms with Gasteiger partial charge < -0.3 is 14.0 Å². The molecular weight excluding hydrogens is 420 g/mol. The van der Waals surface area contributed by atoms with Crippen LogP contribution in [0.15, 0.2) is 64.4 Å². The zero-order valence-corrected chi connectivity index (χ0v) is 17.9. The Labute approximate surface area is 182 Å². The van der Waals surface area contributed by atoms with Crippen molar-refractivity contribution in [3.05, 3.63) is 86.3 Å². The fourth-order valence-electron chi connectivity index (χ4n) is 3.49. The van der Waals surface area contributed by atoms with E-state index in [-0.39, 0.29) is 18.8 Å². The van der Waals surface area contributed by atoms with Gasteiger partial charge in [0.15, 0.2) is 11.2 Å². The summed E-state index contributed by atoms with van der Waals surface area (Å²) < 4.78 is 14.7. The maximum absolute atomic E-state index is 13.3. The Hall–Kier alpha value is -3.36. The molecule has 0 amide bonds. The van der Waals surface area contributed by atoms with E-state index in [1.165, 1.54) is 16.2 Å². The van der Waals surface area contributed by atoms with Gasteiger partial charge in [0.2, 0.25) is 0 Å². The minimum Gasteiger partial charge on any atom is -0.497 e. The molecule has 0 aliphatic carbocycles. The van der Waals surface area contributed by atoms with Gasteiger partial charge in [0.1, 0.15) is 5.75 Å². The van der Waals surface area contributed by atoms with Crippen molar-refractivity contribution in [1.29, 1.82) is 0 Å². The maximum atomic E-state index is 13.3. The van der Waals surface area contributed by atoms with Crippen LogP contribution in [0.1, 0.15) is 5.56 Å². The number of halogens is 1. The third kappa shape index (κ3) is 3.99. The van der Waals surface area contributed by atoms with E-state index in [1.54, 1.807) is 48.3 Å². The Kier molecular flexibility index (Phi) is 5.92. The molecule has 8 nitrogen and oxygen atoms in total. The van der Waals surface area contributed by atoms with E-state index in [2.05, 4.69) is 4.98 Å². The number of benzene rings is 2. The summed E-state index contributed by atoms with van der Waals surface area (Å²) in [6.45, 7) is 0.727. The number of hydrogen-bond acceptors (Lipinski definition) is 5. The second-order valence-corrected chi connectivity index (χ2v) is 7.38. The summed E-state index contributed by atoms with van der Waals surface area (Å²) in [5.41, 5.74) is 1.14. The van der Waals surface area contributed by atoms with Gasteiger partial charge in [0, 0.05) is 24.7 Å². The first-order valence-electron chi connectivity index (χ1n) is 9.62. The number of hydrogen-bond donors (Lipinski definition) is 0. The van der Waals surface area contributed by atoms with Gasteiger partial charge in [-0.05, 0) is 29.8 Å². The van der Waals surface area contributed by atoms with Crippen LogP contribution in [0, 0.1) is 0 Å². The van der Waals surface area contributed by atoms with E-state index >= 15 is 0 Å². The van der Waals surface area contributed by atoms with Crippen molar-refractivity contribution < 1.29 is 9.47 Å². The van der Waals surface area contributed by atoms with Crippen LogP contribution >= 0.6 is 11.6 Å². The molecule has 4 aromatic rings. The molecule has 2 aromatic heterocycles. The molecule has 2 aromatic carbocycles. The highest BCUT2D eigenvalue weighted by Crippen LogP contribution is 2.19. The predicted octanol–water partition coefficient (Wildman–Crippen LogP) is 2.71. The van der Waals surface area contributed by atoms with Gasteiger partial charge in [-0.3, -0.25) is 9.36 Å². The summed E-state index contributed by atoms with van der Waals surface area (Å²) in [6.07, 6.45) is 1.56. The van der Waals surface area contributed by atoms with E-state index in [0.717, 1.165) is 5.56 Å². The van der Waals surface area contributed by atoms with Crippen molar-refractivity contribution in [1.82, 2.24) is 18.7 Å². The van der Waals surface area contributed by atoms with E-state index in [4.69, 9.17) is 21.1 Å². The summed E-state index contributed by atoms with van der Waals surface area (Å²) in [6, 6.07) is 14.4. The third-order valence-corrected chi connectivity index (χ3v) is 5.21. The van der Waals surface area contributed by atoms with Crippen molar-refractivity contribution in [2.24, 2.45) is 0 Å². The van der Waals surface area contributed by atoms with Crippen molar-refractivity contribution in [2.45, 2.75) is 13.1 Å². The predicted molar refractivity (Wildman–Crippen MR) is 119 cm³/mol. The number of fused-ring (bicyclic) bond motifs is 1. The van der Waals surface area contributed by atoms with Crippen LogP contribution in [-0.4, -0.2) is 39.5 Å². The summed E-state index contributed by atoms with van der Waals surface area (Å²) in [5, 5.41) is 0.604. The largest absolute Gasteiger partial charge is 0.497 e. The number of aromatic nitrogens is 4. The molecule has 31 heavy (non-hydrogen) atoms. The van der Waals surface area contributed by atoms with Gasteiger partial charge in [-0.25, -0.2) is 14.3 Å². The highest BCUT2D eigenvalue weighted by Gasteiger charge is 2.19. The number of ether oxygens (including phenoxy) is 2. The van der Waals surface area contributed by atoms with Gasteiger partial charge in [0.25, 0.3) is 5.56 Å². The molecule has 0 saturated carbocycles. The lowest BCUT2D eigenvalue weighted by atomic mass is 10.2. The van der Waals surface area contributed by atoms with E-state index in [1.807, 2.05) is 18.2 Å². The van der Waals surface area contributed by atoms with Crippen molar-refractivity contribution in [2.75, 3.05) is 20.8 Å². The lowest BCUT2D eigenvalue weighted by Crippen LogP contribution is -2.41. The highest BCUT2D eigenvalue weighted by molar-refractivity contribution is 6.30. The van der Waals surface area contributed by atoms with Crippen LogP contribution in [0.3, 0.4) is 0 Å². The van der Waals surface area contributed by atoms with Gasteiger partial charge in [-0.15, -0.1) is 0 Å². The summed E-state index contributed by atoms with van der Waals surface area (Å²) >= 11 is 6.11. The standard InChI is InChI=1S/C22H21ClN4O4/c1-30-10-9-26-21(28)19-20(24-14-25(19)13-15-5-3-6-16(23)11-15)27(22(26)29)17-7-4-8-18(12-17)31-2/h3-8,11-12,14H,9-10,13H2,1-2H3. The SMILES string of the molecule is COCCn1c(=O)c2c(ncn2Cc2cccc(Cl)c2)n(-c2cccc(OC)c2)c1=O. The number of rotatable bonds is 7. The molecule has 160 valence electrons. The number of methoxy groups -OCH3 is 2. The van der Waals surface area contributed by atoms with Gasteiger partial charge in [-0.2, -0.15) is 0 Å². The molecule has 0 N–H and O–H groups in total. The van der Waals surface area contributed by atoms with Gasteiger partial charge >= 0.3 is 5.69 Å². The Morgan fingerprint density at radius 2 is 1.87 bits per heavy atom. The fraction of sp³-hybridized carbons (Fsp3) is 0.227. The molecule has 0 unspecified atom stereocenters. The number of nitrogens with zero attached hydrogens (tertiary/aromatic N) is 4. The van der Waals surface area contributed by atoms with Gasteiger partial charge in [-0.1, -0.05) is 29.8 Å². The molecule has 4 rings (SSSR count). The van der Waals surface area contributed by atoms with E-state index < -0.39 is 11.2 Å². The van der Waals surface area contributed by atoms with Crippen molar-refractivity contribution in [3.63, 3.8) is 0 Å². The molecule has 0 fully saturated rings. The smallest absolute Gasteiger partial charge is 0.337 e. The second kappa shape index (κ2) is 8.79. The van der Waals surface area contributed by atoms with E-state index in [9.17, 15) is 9.59 Å². The molecule has 9 heteroatoms. The average Bonchev–Trinajstić information content (AvgIpc) is 3.17. The van der Waals surface area contributed by atoms with Crippen LogP contribution in [0.25, 0.3) is 16.9 Å². The molecule has 0 aliphatic rings. The average molecular weight is 441 g/mol. The highest BCUT2D eigenvalue weighted by atomic mass is 35.5. The third-order valence-electron chi connectivity index (χ3n) is 4.97. The zero-order valence-electron chi connectivity index (χ0n) is 17.1. The Morgan fingerprint density at radius 1 is 1.06 bits per heavy atom. The van der Waals surface area contributed by atoms with Crippen LogP contribution in [0.5, 0.6) is 5.75 Å². The monoisotopic (exact) mass is 440 g/mol. The minimum atomic E-state index is -0.490. The van der Waals surface area contributed by atoms with Crippen molar-refractivity contribution >= 4 is 22.8 Å². The first kappa shape index (κ1) is 20.9. The number of imidazole rings is 1. The molecule has 0 atom stereocenters. The molecule has 0 saturated heterocycles. The molecular formula is C22H21ClN4O4. The Bertz CT molecular complexity index is 1360. The maximum Gasteiger partial charge on any atom is 0.337 e. The van der Waals surface area contributed by atoms with Crippen molar-refractivity contribution in [3.8, 4) is 11.4 Å². The van der Waals surface area contributed by atoms with Crippen LogP contribution in [0.4, 0.5) is 0 Å². The molecule has 0 radical (unpaired) electrons. The van der Waals surface area contributed by atoms with E-state index in [0.29, 0.717) is 28.5 Å². The first-order chi connectivity index (χ1) is 15.0. The quantitative estimate of drug-likeness (QED) is 0.441. The molecule has 2 heterocycles. The Morgan fingerprint density at radius 3 is 2.61 bits per heavy atom. The summed E-state index contributed by atoms with van der Waals surface area (Å²) in [4.78, 5) is 31.0. The normalized spacial score (nSPS) is 11.2. The molecule has 0 aliphatic heterocycles. The molecule has 0 bridgehead atoms. The topological polar surface area (TPSA) is 80.3 Å². The summed E-state index contributed by atoms with van der Waals surface area (Å²) in [5.74, 6) is 0.588. The lowest BCUT2D eigenvalue weighted by molar-refractivity contribution is 0.184. The van der Waals surface area contributed by atoms with Crippen LogP contribution < -0.4 is 16.0 Å². The Balaban J connectivity index is 1.97. The second-order valence-electron chi connectivity index (χ2n) is 6.94. The minimum absolute atomic E-state index is 0.121. The first-order valence-corrected chi connectivity index (χ1v) is 9.99.